The maximum absolute atomic E-state index is 11.3. The van der Waals surface area contributed by atoms with Crippen molar-refractivity contribution in [2.24, 2.45) is 0 Å². The summed E-state index contributed by atoms with van der Waals surface area (Å²) < 4.78 is 16.1. The van der Waals surface area contributed by atoms with Gasteiger partial charge >= 0.3 is 7.60 Å². The Morgan fingerprint density at radius 3 is 2.44 bits per heavy atom. The van der Waals surface area contributed by atoms with Crippen LogP contribution in [0.5, 0.6) is 0 Å². The Morgan fingerprint density at radius 2 is 1.81 bits per heavy atom. The van der Waals surface area contributed by atoms with Crippen LogP contribution in [-0.2, 0) is 9.09 Å². The Kier molecular flexibility index (Phi) is 10.3. The molecule has 5 heteroatoms. The fourth-order valence-corrected chi connectivity index (χ4v) is 2.64. The highest BCUT2D eigenvalue weighted by Gasteiger charge is 2.16. The molecule has 16 heavy (non-hydrogen) atoms. The van der Waals surface area contributed by atoms with Gasteiger partial charge in [-0.05, 0) is 39.3 Å². The van der Waals surface area contributed by atoms with E-state index in [2.05, 4.69) is 12.2 Å². The van der Waals surface area contributed by atoms with Crippen molar-refractivity contribution in [3.05, 3.63) is 0 Å². The van der Waals surface area contributed by atoms with Crippen molar-refractivity contribution in [3.63, 3.8) is 0 Å². The summed E-state index contributed by atoms with van der Waals surface area (Å²) in [6, 6.07) is 0. The van der Waals surface area contributed by atoms with Crippen molar-refractivity contribution in [2.75, 3.05) is 25.9 Å². The Labute approximate surface area is 99.3 Å². The van der Waals surface area contributed by atoms with Gasteiger partial charge in [-0.15, -0.1) is 0 Å². The number of hydrogen-bond donors (Lipinski definition) is 2. The van der Waals surface area contributed by atoms with Crippen molar-refractivity contribution < 1.29 is 14.0 Å². The third-order valence-corrected chi connectivity index (χ3v) is 3.84. The lowest BCUT2D eigenvalue weighted by atomic mass is 10.2. The normalized spacial score (nSPS) is 14.9. The van der Waals surface area contributed by atoms with Gasteiger partial charge in [0.2, 0.25) is 0 Å². The van der Waals surface area contributed by atoms with Gasteiger partial charge in [0.25, 0.3) is 0 Å². The molecule has 4 nitrogen and oxygen atoms in total. The summed E-state index contributed by atoms with van der Waals surface area (Å²) in [5.74, 6) is 0. The molecule has 0 spiro atoms. The molecule has 0 bridgehead atoms. The van der Waals surface area contributed by atoms with Crippen LogP contribution in [0.15, 0.2) is 0 Å². The van der Waals surface area contributed by atoms with Crippen LogP contribution in [0.2, 0.25) is 0 Å². The molecular weight excluding hydrogens is 225 g/mol. The van der Waals surface area contributed by atoms with Gasteiger partial charge < -0.3 is 14.7 Å². The smallest absolute Gasteiger partial charge is 0.324 e. The van der Waals surface area contributed by atoms with E-state index in [1.807, 2.05) is 0 Å². The molecule has 0 heterocycles. The number of unbranched alkanes of at least 4 members (excludes halogenated alkanes) is 3. The van der Waals surface area contributed by atoms with Gasteiger partial charge in [0.1, 0.15) is 0 Å². The van der Waals surface area contributed by atoms with E-state index in [1.54, 1.807) is 6.92 Å². The summed E-state index contributed by atoms with van der Waals surface area (Å²) in [6.45, 7) is 6.34. The molecule has 0 aliphatic rings. The van der Waals surface area contributed by atoms with Gasteiger partial charge in [-0.25, -0.2) is 0 Å². The van der Waals surface area contributed by atoms with Gasteiger partial charge in [0.05, 0.1) is 6.61 Å². The van der Waals surface area contributed by atoms with Crippen LogP contribution < -0.4 is 5.32 Å². The standard InChI is InChI=1S/C11H26NO3P/c1-3-9-12-10-7-5-6-8-11-16(13,14)15-4-2/h12H,3-11H2,1-2H3,(H,13,14). The summed E-state index contributed by atoms with van der Waals surface area (Å²) >= 11 is 0. The van der Waals surface area contributed by atoms with E-state index < -0.39 is 7.60 Å². The van der Waals surface area contributed by atoms with Crippen molar-refractivity contribution in [2.45, 2.75) is 46.0 Å². The molecule has 0 aromatic carbocycles. The first kappa shape index (κ1) is 16.1. The minimum atomic E-state index is -3.27. The molecule has 0 aliphatic carbocycles. The van der Waals surface area contributed by atoms with Gasteiger partial charge in [-0.3, -0.25) is 4.57 Å². The van der Waals surface area contributed by atoms with Crippen LogP contribution in [0.25, 0.3) is 0 Å². The van der Waals surface area contributed by atoms with Crippen molar-refractivity contribution in [1.29, 1.82) is 0 Å². The zero-order valence-corrected chi connectivity index (χ0v) is 11.5. The predicted molar refractivity (Wildman–Crippen MR) is 67.9 cm³/mol. The molecule has 0 saturated heterocycles. The Bertz CT molecular complexity index is 200. The average molecular weight is 251 g/mol. The fraction of sp³-hybridized carbons (Fsp3) is 1.00. The highest BCUT2D eigenvalue weighted by molar-refractivity contribution is 7.52. The highest BCUT2D eigenvalue weighted by atomic mass is 31.2. The molecule has 1 atom stereocenters. The third kappa shape index (κ3) is 10.6. The first-order valence-electron chi connectivity index (χ1n) is 6.29. The SMILES string of the molecule is CCCNCCCCCCP(=O)(O)OCC. The molecule has 0 saturated carbocycles. The summed E-state index contributed by atoms with van der Waals surface area (Å²) in [5.41, 5.74) is 0. The summed E-state index contributed by atoms with van der Waals surface area (Å²) in [5, 5.41) is 3.33. The van der Waals surface area contributed by atoms with Crippen LogP contribution in [-0.4, -0.2) is 30.8 Å². The van der Waals surface area contributed by atoms with E-state index in [0.717, 1.165) is 38.8 Å². The maximum Gasteiger partial charge on any atom is 0.328 e. The minimum Gasteiger partial charge on any atom is -0.324 e. The van der Waals surface area contributed by atoms with E-state index in [4.69, 9.17) is 4.52 Å². The second-order valence-electron chi connectivity index (χ2n) is 3.94. The topological polar surface area (TPSA) is 58.6 Å². The molecule has 0 aromatic heterocycles. The van der Waals surface area contributed by atoms with Crippen LogP contribution in [0, 0.1) is 0 Å². The van der Waals surface area contributed by atoms with Gasteiger partial charge in [0, 0.05) is 6.16 Å². The molecule has 1 unspecified atom stereocenters. The largest absolute Gasteiger partial charge is 0.328 e. The molecule has 0 amide bonds. The molecule has 0 rings (SSSR count). The quantitative estimate of drug-likeness (QED) is 0.438. The average Bonchev–Trinajstić information content (AvgIpc) is 2.22. The zero-order chi connectivity index (χ0) is 12.3. The van der Waals surface area contributed by atoms with E-state index in [0.29, 0.717) is 12.8 Å². The molecular formula is C11H26NO3P. The Balaban J connectivity index is 3.23. The Hall–Kier alpha value is 0.110. The van der Waals surface area contributed by atoms with E-state index >= 15 is 0 Å². The number of hydrogen-bond acceptors (Lipinski definition) is 3. The van der Waals surface area contributed by atoms with E-state index in [-0.39, 0.29) is 0 Å². The summed E-state index contributed by atoms with van der Waals surface area (Å²) in [7, 11) is -3.27. The monoisotopic (exact) mass is 251 g/mol. The molecule has 2 N–H and O–H groups in total. The second-order valence-corrected chi connectivity index (χ2v) is 5.92. The van der Waals surface area contributed by atoms with Crippen LogP contribution in [0.3, 0.4) is 0 Å². The number of rotatable bonds is 11. The summed E-state index contributed by atoms with van der Waals surface area (Å²) in [6.07, 6.45) is 5.51. The second kappa shape index (κ2) is 10.3. The van der Waals surface area contributed by atoms with Crippen LogP contribution in [0.4, 0.5) is 0 Å². The van der Waals surface area contributed by atoms with Gasteiger partial charge in [0.15, 0.2) is 0 Å². The van der Waals surface area contributed by atoms with Gasteiger partial charge in [-0.2, -0.15) is 0 Å². The molecule has 0 aliphatic heterocycles. The van der Waals surface area contributed by atoms with Crippen molar-refractivity contribution >= 4 is 7.60 Å². The third-order valence-electron chi connectivity index (χ3n) is 2.30. The lowest BCUT2D eigenvalue weighted by Gasteiger charge is -2.10. The lowest BCUT2D eigenvalue weighted by molar-refractivity contribution is 0.272. The Morgan fingerprint density at radius 1 is 1.12 bits per heavy atom. The number of nitrogens with one attached hydrogen (secondary N) is 1. The van der Waals surface area contributed by atoms with Crippen molar-refractivity contribution in [1.82, 2.24) is 5.32 Å². The predicted octanol–water partition coefficient (Wildman–Crippen LogP) is 2.77. The molecule has 98 valence electrons. The van der Waals surface area contributed by atoms with Crippen LogP contribution in [0.1, 0.15) is 46.0 Å². The molecule has 0 fully saturated rings. The fourth-order valence-electron chi connectivity index (χ4n) is 1.48. The zero-order valence-electron chi connectivity index (χ0n) is 10.6. The van der Waals surface area contributed by atoms with Crippen molar-refractivity contribution in [3.8, 4) is 0 Å². The maximum atomic E-state index is 11.3. The highest BCUT2D eigenvalue weighted by Crippen LogP contribution is 2.42. The summed E-state index contributed by atoms with van der Waals surface area (Å²) in [4.78, 5) is 9.31. The first-order valence-corrected chi connectivity index (χ1v) is 8.05. The minimum absolute atomic E-state index is 0.295. The lowest BCUT2D eigenvalue weighted by Crippen LogP contribution is -2.15. The molecule has 0 aromatic rings. The van der Waals surface area contributed by atoms with Gasteiger partial charge in [-0.1, -0.05) is 19.8 Å². The van der Waals surface area contributed by atoms with E-state index in [1.165, 1.54) is 6.42 Å². The van der Waals surface area contributed by atoms with E-state index in [9.17, 15) is 9.46 Å². The molecule has 0 radical (unpaired) electrons. The van der Waals surface area contributed by atoms with Crippen LogP contribution >= 0.6 is 7.60 Å². The first-order chi connectivity index (χ1) is 7.62.